The van der Waals surface area contributed by atoms with Crippen LogP contribution in [0.25, 0.3) is 11.1 Å². The van der Waals surface area contributed by atoms with Gasteiger partial charge in [-0.05, 0) is 75.4 Å². The third-order valence-corrected chi connectivity index (χ3v) is 8.93. The van der Waals surface area contributed by atoms with E-state index in [1.807, 2.05) is 13.0 Å². The van der Waals surface area contributed by atoms with Crippen molar-refractivity contribution in [2.24, 2.45) is 4.99 Å². The van der Waals surface area contributed by atoms with Crippen LogP contribution in [0.4, 0.5) is 21.2 Å². The molecule has 1 heterocycles. The predicted molar refractivity (Wildman–Crippen MR) is 145 cm³/mol. The molecule has 5 N–H and O–H groups in total. The Bertz CT molecular complexity index is 1370. The van der Waals surface area contributed by atoms with Crippen LogP contribution in [-0.2, 0) is 14.6 Å². The molecule has 1 amide bonds. The zero-order valence-corrected chi connectivity index (χ0v) is 22.5. The maximum Gasteiger partial charge on any atom is 0.412 e. The molecule has 1 aromatic heterocycles. The van der Waals surface area contributed by atoms with E-state index < -0.39 is 21.5 Å². The maximum atomic E-state index is 13.6. The van der Waals surface area contributed by atoms with E-state index in [0.29, 0.717) is 26.1 Å². The fourth-order valence-electron chi connectivity index (χ4n) is 3.38. The molecule has 0 aliphatic rings. The molecule has 0 unspecified atom stereocenters. The number of thiophene rings is 1. The third-order valence-electron chi connectivity index (χ3n) is 4.72. The van der Waals surface area contributed by atoms with Gasteiger partial charge < -0.3 is 16.2 Å². The number of aryl methyl sites for hydroxylation is 1. The smallest absolute Gasteiger partial charge is 0.412 e. The number of amides is 1. The fourth-order valence-corrected chi connectivity index (χ4v) is 7.25. The summed E-state index contributed by atoms with van der Waals surface area (Å²) < 4.78 is 32.9. The average molecular weight is 533 g/mol. The van der Waals surface area contributed by atoms with Gasteiger partial charge >= 0.3 is 6.09 Å². The van der Waals surface area contributed by atoms with Crippen LogP contribution in [0, 0.1) is 6.92 Å². The van der Waals surface area contributed by atoms with Crippen LogP contribution in [0.1, 0.15) is 26.3 Å². The second-order valence-corrected chi connectivity index (χ2v) is 12.7. The molecule has 0 spiro atoms. The van der Waals surface area contributed by atoms with Gasteiger partial charge in [0.25, 0.3) is 0 Å². The maximum absolute atomic E-state index is 13.6. The lowest BCUT2D eigenvalue weighted by Gasteiger charge is -2.18. The number of anilines is 2. The van der Waals surface area contributed by atoms with Gasteiger partial charge in [-0.2, -0.15) is 0 Å². The first-order valence-corrected chi connectivity index (χ1v) is 14.1. The number of hydrogen-bond donors (Lipinski definition) is 3. The number of nitrogens with two attached hydrogens (primary N) is 2. The molecule has 0 fully saturated rings. The molecule has 0 bridgehead atoms. The summed E-state index contributed by atoms with van der Waals surface area (Å²) >= 11 is 2.52. The first-order chi connectivity index (χ1) is 16.3. The number of rotatable bonds is 6. The van der Waals surface area contributed by atoms with Crippen LogP contribution in [-0.4, -0.2) is 32.7 Å². The second kappa shape index (κ2) is 10.3. The number of aliphatic imine (C=N–C) groups is 1. The van der Waals surface area contributed by atoms with E-state index in [9.17, 15) is 13.2 Å². The minimum atomic E-state index is -3.85. The number of hydrogen-bond acceptors (Lipinski definition) is 9. The number of benzene rings is 2. The Kier molecular flexibility index (Phi) is 7.83. The summed E-state index contributed by atoms with van der Waals surface area (Å²) in [5.41, 5.74) is 14.7. The number of nitrogens with zero attached hydrogens (tertiary/aromatic N) is 1. The largest absolute Gasteiger partial charge is 0.444 e. The second-order valence-electron chi connectivity index (χ2n) is 8.68. The highest BCUT2D eigenvalue weighted by atomic mass is 32.2. The lowest BCUT2D eigenvalue weighted by molar-refractivity contribution is 0.0565. The van der Waals surface area contributed by atoms with Crippen molar-refractivity contribution in [1.29, 1.82) is 0 Å². The molecule has 0 saturated heterocycles. The van der Waals surface area contributed by atoms with Crippen molar-refractivity contribution in [3.05, 3.63) is 48.0 Å². The molecule has 8 nitrogen and oxygen atoms in total. The summed E-state index contributed by atoms with van der Waals surface area (Å²) in [5, 5.41) is 2.85. The number of nitrogens with one attached hydrogen (secondary N) is 1. The Labute approximate surface area is 213 Å². The minimum absolute atomic E-state index is 0.140. The molecule has 3 rings (SSSR count). The lowest BCUT2D eigenvalue weighted by atomic mass is 9.98. The zero-order valence-electron chi connectivity index (χ0n) is 20.1. The van der Waals surface area contributed by atoms with Gasteiger partial charge in [-0.3, -0.25) is 5.32 Å². The Morgan fingerprint density at radius 2 is 1.89 bits per heavy atom. The summed E-state index contributed by atoms with van der Waals surface area (Å²) in [7, 11) is -3.85. The monoisotopic (exact) mass is 532 g/mol. The number of carbonyl (C=O) groups excluding carboxylic acids is 1. The van der Waals surface area contributed by atoms with Gasteiger partial charge in [0.15, 0.2) is 0 Å². The van der Waals surface area contributed by atoms with Gasteiger partial charge in [0.05, 0.1) is 20.3 Å². The van der Waals surface area contributed by atoms with E-state index in [4.69, 9.17) is 16.2 Å². The Balaban J connectivity index is 1.93. The molecule has 2 aromatic carbocycles. The molecule has 0 atom stereocenters. The summed E-state index contributed by atoms with van der Waals surface area (Å²) in [5.74, 6) is 0. The van der Waals surface area contributed by atoms with Crippen LogP contribution in [0.15, 0.2) is 61.5 Å². The Morgan fingerprint density at radius 3 is 2.51 bits per heavy atom. The van der Waals surface area contributed by atoms with E-state index in [1.54, 1.807) is 57.4 Å². The molecule has 0 aliphatic carbocycles. The fraction of sp³-hybridized carbons (Fsp3) is 0.250. The van der Waals surface area contributed by atoms with Crippen LogP contribution in [0.2, 0.25) is 0 Å². The Morgan fingerprint density at radius 1 is 1.17 bits per heavy atom. The summed E-state index contributed by atoms with van der Waals surface area (Å²) in [6.07, 6.45) is 2.34. The quantitative estimate of drug-likeness (QED) is 0.162. The number of nitrogen functional groups attached to an aromatic ring is 2. The van der Waals surface area contributed by atoms with Crippen LogP contribution in [0.3, 0.4) is 0 Å². The molecule has 11 heteroatoms. The van der Waals surface area contributed by atoms with Crippen molar-refractivity contribution in [2.75, 3.05) is 17.7 Å². The number of sulfone groups is 1. The van der Waals surface area contributed by atoms with Crippen LogP contribution >= 0.6 is 23.1 Å². The predicted octanol–water partition coefficient (Wildman–Crippen LogP) is 5.63. The van der Waals surface area contributed by atoms with Gasteiger partial charge in [-0.15, -0.1) is 23.1 Å². The number of alkyl carbamates (subject to hydrolysis) is 1. The first-order valence-electron chi connectivity index (χ1n) is 10.5. The van der Waals surface area contributed by atoms with Crippen LogP contribution in [0.5, 0.6) is 0 Å². The van der Waals surface area contributed by atoms with Gasteiger partial charge in [0, 0.05) is 16.9 Å². The van der Waals surface area contributed by atoms with Crippen molar-refractivity contribution in [1.82, 2.24) is 5.32 Å². The number of thioether (sulfide) groups is 1. The van der Waals surface area contributed by atoms with Gasteiger partial charge in [-0.1, -0.05) is 12.1 Å². The lowest BCUT2D eigenvalue weighted by Crippen LogP contribution is -2.31. The highest BCUT2D eigenvalue weighted by Gasteiger charge is 2.25. The molecule has 186 valence electrons. The van der Waals surface area contributed by atoms with Gasteiger partial charge in [0.1, 0.15) is 10.6 Å². The van der Waals surface area contributed by atoms with E-state index in [2.05, 4.69) is 10.3 Å². The molecule has 0 radical (unpaired) electrons. The Hall–Kier alpha value is -3.02. The van der Waals surface area contributed by atoms with E-state index in [1.165, 1.54) is 35.5 Å². The molecular formula is C24H28N4O4S3. The zero-order chi connectivity index (χ0) is 26.0. The van der Waals surface area contributed by atoms with Gasteiger partial charge in [-0.25, -0.2) is 18.2 Å². The first kappa shape index (κ1) is 26.6. The van der Waals surface area contributed by atoms with E-state index >= 15 is 0 Å². The number of ether oxygens (including phenoxy) is 1. The van der Waals surface area contributed by atoms with E-state index in [-0.39, 0.29) is 9.79 Å². The van der Waals surface area contributed by atoms with Crippen molar-refractivity contribution < 1.29 is 17.9 Å². The van der Waals surface area contributed by atoms with E-state index in [0.717, 1.165) is 11.1 Å². The van der Waals surface area contributed by atoms with Crippen LogP contribution < -0.4 is 16.8 Å². The van der Waals surface area contributed by atoms with Crippen molar-refractivity contribution in [3.8, 4) is 11.1 Å². The molecule has 35 heavy (non-hydrogen) atoms. The highest BCUT2D eigenvalue weighted by molar-refractivity contribution is 8.01. The standard InChI is InChI=1S/C24H28N4O4S3/c1-14-9-16(25)11-18(26)21(14)15-7-6-8-17(10-15)35(30,31)19-12-20(34-22(19)33-5)27-13-28-23(29)32-24(2,3)4/h6-13H,25-26H2,1-5H3,(H,27,28,29). The molecular weight excluding hydrogens is 504 g/mol. The molecule has 3 aromatic rings. The minimum Gasteiger partial charge on any atom is -0.444 e. The summed E-state index contributed by atoms with van der Waals surface area (Å²) in [6, 6.07) is 11.6. The topological polar surface area (TPSA) is 137 Å². The van der Waals surface area contributed by atoms with Gasteiger partial charge in [0.2, 0.25) is 9.84 Å². The average Bonchev–Trinajstić information content (AvgIpc) is 3.16. The highest BCUT2D eigenvalue weighted by Crippen LogP contribution is 2.41. The van der Waals surface area contributed by atoms with Crippen molar-refractivity contribution in [2.45, 2.75) is 47.3 Å². The third kappa shape index (κ3) is 6.36. The van der Waals surface area contributed by atoms with Crippen molar-refractivity contribution >= 4 is 61.7 Å². The summed E-state index contributed by atoms with van der Waals surface area (Å²) in [4.78, 5) is 16.3. The molecule has 0 aliphatic heterocycles. The number of carbonyl (C=O) groups is 1. The molecule has 0 saturated carbocycles. The normalized spacial score (nSPS) is 12.1. The van der Waals surface area contributed by atoms with Crippen molar-refractivity contribution in [3.63, 3.8) is 0 Å². The SMILES string of the molecule is CSc1sc(/N=C/NC(=O)OC(C)(C)C)cc1S(=O)(=O)c1cccc(-c2c(C)cc(N)cc2N)c1. The summed E-state index contributed by atoms with van der Waals surface area (Å²) in [6.45, 7) is 7.14.